The van der Waals surface area contributed by atoms with Crippen molar-refractivity contribution in [2.75, 3.05) is 0 Å². The molecule has 2 rings (SSSR count). The number of hydrogen-bond acceptors (Lipinski definition) is 4. The highest BCUT2D eigenvalue weighted by Gasteiger charge is 1.99. The average molecular weight is 168 g/mol. The minimum atomic E-state index is 0.986. The molecule has 0 bridgehead atoms. The van der Waals surface area contributed by atoms with E-state index in [9.17, 15) is 0 Å². The van der Waals surface area contributed by atoms with Crippen LogP contribution in [-0.2, 0) is 0 Å². The summed E-state index contributed by atoms with van der Waals surface area (Å²) in [5, 5.41) is 4.91. The second-order valence-corrected chi connectivity index (χ2v) is 3.28. The van der Waals surface area contributed by atoms with Gasteiger partial charge in [-0.25, -0.2) is 4.98 Å². The molecule has 0 atom stereocenters. The van der Waals surface area contributed by atoms with E-state index >= 15 is 0 Å². The van der Waals surface area contributed by atoms with Gasteiger partial charge in [0.1, 0.15) is 10.7 Å². The molecule has 0 spiro atoms. The van der Waals surface area contributed by atoms with Crippen LogP contribution in [0.15, 0.2) is 23.0 Å². The summed E-state index contributed by atoms with van der Waals surface area (Å²) in [4.78, 5) is 4.12. The van der Waals surface area contributed by atoms with E-state index in [0.29, 0.717) is 0 Å². The molecule has 2 heterocycles. The summed E-state index contributed by atoms with van der Waals surface area (Å²) >= 11 is 3.07. The number of hydrogen-bond donors (Lipinski definition) is 0. The number of aromatic nitrogens is 2. The quantitative estimate of drug-likeness (QED) is 0.652. The van der Waals surface area contributed by atoms with Gasteiger partial charge in [0.05, 0.1) is 0 Å². The normalized spacial score (nSPS) is 10.0. The first-order chi connectivity index (χ1) is 4.97. The first-order valence-corrected chi connectivity index (χ1v) is 4.49. The van der Waals surface area contributed by atoms with Gasteiger partial charge in [0, 0.05) is 17.0 Å². The van der Waals surface area contributed by atoms with Crippen LogP contribution in [0.3, 0.4) is 0 Å². The molecule has 50 valence electrons. The maximum Gasteiger partial charge on any atom is 0.142 e. The Labute approximate surface area is 66.3 Å². The van der Waals surface area contributed by atoms with E-state index in [0.717, 1.165) is 10.7 Å². The maximum absolute atomic E-state index is 4.15. The Kier molecular flexibility index (Phi) is 1.49. The second-order valence-electron chi connectivity index (χ2n) is 1.72. The Morgan fingerprint density at radius 3 is 2.90 bits per heavy atom. The standard InChI is InChI=1S/C6H4N2S2/c1-3-10-8-5(1)6-7-2-4-9-6/h1-4H. The second kappa shape index (κ2) is 2.48. The van der Waals surface area contributed by atoms with Crippen molar-refractivity contribution in [1.82, 2.24) is 9.36 Å². The van der Waals surface area contributed by atoms with Crippen LogP contribution in [0.1, 0.15) is 0 Å². The Morgan fingerprint density at radius 1 is 1.30 bits per heavy atom. The number of thiazole rings is 1. The Bertz CT molecular complexity index is 253. The third-order valence-electron chi connectivity index (χ3n) is 1.09. The largest absolute Gasteiger partial charge is 0.243 e. The average Bonchev–Trinajstić information content (AvgIpc) is 2.59. The number of rotatable bonds is 1. The molecule has 0 aromatic carbocycles. The predicted octanol–water partition coefficient (Wildman–Crippen LogP) is 2.27. The fourth-order valence-corrected chi connectivity index (χ4v) is 1.85. The zero-order chi connectivity index (χ0) is 6.81. The predicted molar refractivity (Wildman–Crippen MR) is 43.2 cm³/mol. The van der Waals surface area contributed by atoms with Crippen molar-refractivity contribution in [3.8, 4) is 10.7 Å². The molecule has 0 fully saturated rings. The van der Waals surface area contributed by atoms with E-state index in [-0.39, 0.29) is 0 Å². The monoisotopic (exact) mass is 168 g/mol. The molecule has 2 nitrogen and oxygen atoms in total. The zero-order valence-electron chi connectivity index (χ0n) is 5.02. The summed E-state index contributed by atoms with van der Waals surface area (Å²) < 4.78 is 4.15. The first-order valence-electron chi connectivity index (χ1n) is 2.77. The van der Waals surface area contributed by atoms with Crippen LogP contribution in [-0.4, -0.2) is 9.36 Å². The van der Waals surface area contributed by atoms with Crippen molar-refractivity contribution in [2.24, 2.45) is 0 Å². The Balaban J connectivity index is 2.48. The van der Waals surface area contributed by atoms with E-state index in [1.54, 1.807) is 17.5 Å². The lowest BCUT2D eigenvalue weighted by atomic mass is 10.5. The molecule has 0 N–H and O–H groups in total. The molecule has 0 radical (unpaired) electrons. The van der Waals surface area contributed by atoms with Gasteiger partial charge in [0.15, 0.2) is 0 Å². The molecule has 2 aromatic rings. The summed E-state index contributed by atoms with van der Waals surface area (Å²) in [5.74, 6) is 0. The van der Waals surface area contributed by atoms with E-state index < -0.39 is 0 Å². The van der Waals surface area contributed by atoms with E-state index in [1.165, 1.54) is 11.5 Å². The highest BCUT2D eigenvalue weighted by atomic mass is 32.1. The molecule has 0 aliphatic rings. The van der Waals surface area contributed by atoms with Crippen molar-refractivity contribution >= 4 is 22.9 Å². The zero-order valence-corrected chi connectivity index (χ0v) is 6.65. The molecule has 10 heavy (non-hydrogen) atoms. The Hall–Kier alpha value is -0.740. The van der Waals surface area contributed by atoms with E-state index in [1.807, 2.05) is 16.8 Å². The lowest BCUT2D eigenvalue weighted by molar-refractivity contribution is 1.38. The highest BCUT2D eigenvalue weighted by molar-refractivity contribution is 7.13. The van der Waals surface area contributed by atoms with Gasteiger partial charge in [-0.1, -0.05) is 0 Å². The van der Waals surface area contributed by atoms with Crippen molar-refractivity contribution < 1.29 is 0 Å². The molecule has 0 saturated carbocycles. The lowest BCUT2D eigenvalue weighted by Gasteiger charge is -1.82. The fourth-order valence-electron chi connectivity index (χ4n) is 0.673. The van der Waals surface area contributed by atoms with Gasteiger partial charge in [-0.2, -0.15) is 4.37 Å². The van der Waals surface area contributed by atoms with Crippen LogP contribution in [0.5, 0.6) is 0 Å². The molecule has 0 amide bonds. The molecule has 2 aromatic heterocycles. The van der Waals surface area contributed by atoms with Gasteiger partial charge in [-0.3, -0.25) is 0 Å². The third kappa shape index (κ3) is 0.955. The summed E-state index contributed by atoms with van der Waals surface area (Å²) in [7, 11) is 0. The SMILES string of the molecule is c1csc(-c2ccsn2)n1. The fraction of sp³-hybridized carbons (Fsp3) is 0. The molecule has 0 saturated heterocycles. The Morgan fingerprint density at radius 2 is 2.30 bits per heavy atom. The van der Waals surface area contributed by atoms with Crippen LogP contribution >= 0.6 is 22.9 Å². The molecular formula is C6H4N2S2. The van der Waals surface area contributed by atoms with Gasteiger partial charge in [0.2, 0.25) is 0 Å². The summed E-state index contributed by atoms with van der Waals surface area (Å²) in [6, 6.07) is 1.98. The van der Waals surface area contributed by atoms with E-state index in [4.69, 9.17) is 0 Å². The van der Waals surface area contributed by atoms with Gasteiger partial charge in [0.25, 0.3) is 0 Å². The molecule has 0 aliphatic carbocycles. The van der Waals surface area contributed by atoms with Crippen molar-refractivity contribution in [3.63, 3.8) is 0 Å². The smallest absolute Gasteiger partial charge is 0.142 e. The minimum Gasteiger partial charge on any atom is -0.243 e. The van der Waals surface area contributed by atoms with Gasteiger partial charge in [-0.05, 0) is 17.6 Å². The van der Waals surface area contributed by atoms with E-state index in [2.05, 4.69) is 9.36 Å². The van der Waals surface area contributed by atoms with Crippen molar-refractivity contribution in [1.29, 1.82) is 0 Å². The van der Waals surface area contributed by atoms with Crippen LogP contribution in [0.2, 0.25) is 0 Å². The summed E-state index contributed by atoms with van der Waals surface area (Å²) in [6.07, 6.45) is 1.79. The van der Waals surface area contributed by atoms with Crippen LogP contribution in [0.4, 0.5) is 0 Å². The van der Waals surface area contributed by atoms with Crippen LogP contribution < -0.4 is 0 Å². The highest BCUT2D eigenvalue weighted by Crippen LogP contribution is 2.19. The van der Waals surface area contributed by atoms with Crippen molar-refractivity contribution in [2.45, 2.75) is 0 Å². The topological polar surface area (TPSA) is 25.8 Å². The summed E-state index contributed by atoms with van der Waals surface area (Å²) in [6.45, 7) is 0. The minimum absolute atomic E-state index is 0.986. The van der Waals surface area contributed by atoms with Crippen LogP contribution in [0.25, 0.3) is 10.7 Å². The maximum atomic E-state index is 4.15. The van der Waals surface area contributed by atoms with Gasteiger partial charge in [-0.15, -0.1) is 11.3 Å². The van der Waals surface area contributed by atoms with Crippen molar-refractivity contribution in [3.05, 3.63) is 23.0 Å². The van der Waals surface area contributed by atoms with Gasteiger partial charge >= 0.3 is 0 Å². The van der Waals surface area contributed by atoms with Crippen LogP contribution in [0, 0.1) is 0 Å². The third-order valence-corrected chi connectivity index (χ3v) is 2.44. The lowest BCUT2D eigenvalue weighted by Crippen LogP contribution is -1.70. The molecule has 0 aliphatic heterocycles. The first kappa shape index (κ1) is 6.00. The summed E-state index contributed by atoms with van der Waals surface area (Å²) in [5.41, 5.74) is 0.986. The molecule has 4 heteroatoms. The molecular weight excluding hydrogens is 164 g/mol. The molecule has 0 unspecified atom stereocenters. The number of nitrogens with zero attached hydrogens (tertiary/aromatic N) is 2. The van der Waals surface area contributed by atoms with Gasteiger partial charge < -0.3 is 0 Å².